The van der Waals surface area contributed by atoms with E-state index in [2.05, 4.69) is 15.0 Å². The van der Waals surface area contributed by atoms with Gasteiger partial charge in [0.2, 0.25) is 5.91 Å². The molecule has 0 aliphatic rings. The first-order chi connectivity index (χ1) is 14.4. The van der Waals surface area contributed by atoms with Gasteiger partial charge in [0.15, 0.2) is 5.13 Å². The summed E-state index contributed by atoms with van der Waals surface area (Å²) < 4.78 is 9.98. The zero-order valence-electron chi connectivity index (χ0n) is 17.2. The molecule has 0 aliphatic carbocycles. The average Bonchev–Trinajstić information content (AvgIpc) is 3.11. The van der Waals surface area contributed by atoms with Gasteiger partial charge in [-0.25, -0.2) is 9.78 Å². The van der Waals surface area contributed by atoms with Crippen LogP contribution in [0.3, 0.4) is 0 Å². The van der Waals surface area contributed by atoms with Gasteiger partial charge in [0.1, 0.15) is 5.75 Å². The van der Waals surface area contributed by atoms with E-state index in [1.165, 1.54) is 24.5 Å². The first kappa shape index (κ1) is 21.3. The Hall–Kier alpha value is -3.45. The van der Waals surface area contributed by atoms with Crippen molar-refractivity contribution in [2.45, 2.75) is 13.8 Å². The summed E-state index contributed by atoms with van der Waals surface area (Å²) >= 11 is 1.42. The molecule has 0 radical (unpaired) electrons. The van der Waals surface area contributed by atoms with Crippen molar-refractivity contribution in [3.63, 3.8) is 0 Å². The summed E-state index contributed by atoms with van der Waals surface area (Å²) in [5, 5.41) is 3.34. The van der Waals surface area contributed by atoms with Gasteiger partial charge in [-0.3, -0.25) is 10.1 Å². The van der Waals surface area contributed by atoms with Gasteiger partial charge in [-0.05, 0) is 61.4 Å². The van der Waals surface area contributed by atoms with Crippen LogP contribution in [0, 0.1) is 13.8 Å². The molecule has 0 atom stereocenters. The van der Waals surface area contributed by atoms with Gasteiger partial charge in [0.25, 0.3) is 0 Å². The maximum Gasteiger partial charge on any atom is 0.337 e. The van der Waals surface area contributed by atoms with E-state index in [0.29, 0.717) is 10.7 Å². The molecule has 0 saturated carbocycles. The Bertz CT molecular complexity index is 1100. The summed E-state index contributed by atoms with van der Waals surface area (Å²) in [7, 11) is 2.98. The van der Waals surface area contributed by atoms with Crippen LogP contribution < -0.4 is 10.1 Å². The molecule has 3 aromatic rings. The number of ether oxygens (including phenoxy) is 2. The molecule has 1 amide bonds. The van der Waals surface area contributed by atoms with Crippen LogP contribution in [0.15, 0.2) is 48.5 Å². The highest BCUT2D eigenvalue weighted by Crippen LogP contribution is 2.32. The van der Waals surface area contributed by atoms with Crippen LogP contribution in [-0.2, 0) is 9.53 Å². The van der Waals surface area contributed by atoms with Gasteiger partial charge in [-0.15, -0.1) is 11.3 Å². The molecule has 6 nitrogen and oxygen atoms in total. The SMILES string of the molecule is COC(=O)c1ccc(/C=C/C(=O)Nc2nc(-c3ccc(OC)c(C)c3)c(C)s2)cc1. The topological polar surface area (TPSA) is 77.5 Å². The predicted octanol–water partition coefficient (Wildman–Crippen LogP) is 4.87. The summed E-state index contributed by atoms with van der Waals surface area (Å²) in [6.45, 7) is 3.95. The zero-order valence-corrected chi connectivity index (χ0v) is 18.0. The zero-order chi connectivity index (χ0) is 21.7. The monoisotopic (exact) mass is 422 g/mol. The van der Waals surface area contributed by atoms with Crippen molar-refractivity contribution in [2.24, 2.45) is 0 Å². The molecule has 0 aliphatic heterocycles. The van der Waals surface area contributed by atoms with Crippen LogP contribution in [0.2, 0.25) is 0 Å². The molecule has 0 spiro atoms. The maximum atomic E-state index is 12.3. The van der Waals surface area contributed by atoms with Gasteiger partial charge in [-0.2, -0.15) is 0 Å². The quantitative estimate of drug-likeness (QED) is 0.453. The lowest BCUT2D eigenvalue weighted by atomic mass is 10.1. The molecule has 0 saturated heterocycles. The second-order valence-corrected chi connectivity index (χ2v) is 7.75. The number of esters is 1. The number of hydrogen-bond donors (Lipinski definition) is 1. The fourth-order valence-corrected chi connectivity index (χ4v) is 3.75. The number of methoxy groups -OCH3 is 2. The average molecular weight is 423 g/mol. The number of nitrogens with one attached hydrogen (secondary N) is 1. The lowest BCUT2D eigenvalue weighted by Gasteiger charge is -2.06. The third-order valence-corrected chi connectivity index (χ3v) is 5.34. The van der Waals surface area contributed by atoms with Crippen LogP contribution >= 0.6 is 11.3 Å². The Labute approximate surface area is 179 Å². The fourth-order valence-electron chi connectivity index (χ4n) is 2.91. The lowest BCUT2D eigenvalue weighted by molar-refractivity contribution is -0.111. The van der Waals surface area contributed by atoms with Crippen molar-refractivity contribution in [3.8, 4) is 17.0 Å². The first-order valence-electron chi connectivity index (χ1n) is 9.21. The van der Waals surface area contributed by atoms with E-state index < -0.39 is 5.97 Å². The van der Waals surface area contributed by atoms with Crippen LogP contribution in [-0.4, -0.2) is 31.1 Å². The van der Waals surface area contributed by atoms with Gasteiger partial charge in [-0.1, -0.05) is 12.1 Å². The lowest BCUT2D eigenvalue weighted by Crippen LogP contribution is -2.07. The van der Waals surface area contributed by atoms with E-state index in [-0.39, 0.29) is 5.91 Å². The normalized spacial score (nSPS) is 10.8. The largest absolute Gasteiger partial charge is 0.496 e. The Kier molecular flexibility index (Phi) is 6.64. The molecule has 154 valence electrons. The number of carbonyl (C=O) groups is 2. The number of thiazole rings is 1. The molecule has 0 bridgehead atoms. The van der Waals surface area contributed by atoms with Gasteiger partial charge in [0, 0.05) is 16.5 Å². The van der Waals surface area contributed by atoms with E-state index in [1.807, 2.05) is 32.0 Å². The molecule has 3 rings (SSSR count). The molecule has 1 N–H and O–H groups in total. The Morgan fingerprint density at radius 1 is 1.07 bits per heavy atom. The number of nitrogens with zero attached hydrogens (tertiary/aromatic N) is 1. The molecule has 7 heteroatoms. The van der Waals surface area contributed by atoms with E-state index in [4.69, 9.17) is 4.74 Å². The molecule has 0 fully saturated rings. The number of benzene rings is 2. The minimum atomic E-state index is -0.398. The number of amides is 1. The minimum Gasteiger partial charge on any atom is -0.496 e. The maximum absolute atomic E-state index is 12.3. The van der Waals surface area contributed by atoms with Crippen LogP contribution in [0.25, 0.3) is 17.3 Å². The number of hydrogen-bond acceptors (Lipinski definition) is 6. The van der Waals surface area contributed by atoms with Crippen molar-refractivity contribution in [1.82, 2.24) is 4.98 Å². The molecule has 1 aromatic heterocycles. The van der Waals surface area contributed by atoms with Crippen LogP contribution in [0.1, 0.15) is 26.4 Å². The molecular weight excluding hydrogens is 400 g/mol. The summed E-state index contributed by atoms with van der Waals surface area (Å²) in [6, 6.07) is 12.7. The van der Waals surface area contributed by atoms with Gasteiger partial charge < -0.3 is 9.47 Å². The van der Waals surface area contributed by atoms with Gasteiger partial charge in [0.05, 0.1) is 25.5 Å². The number of rotatable bonds is 6. The molecule has 30 heavy (non-hydrogen) atoms. The molecular formula is C23H22N2O4S. The van der Waals surface area contributed by atoms with E-state index in [9.17, 15) is 9.59 Å². The highest BCUT2D eigenvalue weighted by atomic mass is 32.1. The van der Waals surface area contributed by atoms with E-state index >= 15 is 0 Å². The number of anilines is 1. The second-order valence-electron chi connectivity index (χ2n) is 6.54. The molecule has 1 heterocycles. The standard InChI is InChI=1S/C23H22N2O4S/c1-14-13-18(10-11-19(14)28-3)21-15(2)30-23(25-21)24-20(26)12-7-16-5-8-17(9-6-16)22(27)29-4/h5-13H,1-4H3,(H,24,25,26)/b12-7+. The number of aromatic nitrogens is 1. The van der Waals surface area contributed by atoms with E-state index in [1.54, 1.807) is 37.5 Å². The minimum absolute atomic E-state index is 0.279. The Balaban J connectivity index is 1.69. The Morgan fingerprint density at radius 3 is 2.43 bits per heavy atom. The van der Waals surface area contributed by atoms with E-state index in [0.717, 1.165) is 33.0 Å². The highest BCUT2D eigenvalue weighted by molar-refractivity contribution is 7.16. The summed E-state index contributed by atoms with van der Waals surface area (Å²) in [5.41, 5.74) is 4.09. The summed E-state index contributed by atoms with van der Waals surface area (Å²) in [5.74, 6) is 0.147. The van der Waals surface area contributed by atoms with Crippen molar-refractivity contribution < 1.29 is 19.1 Å². The fraction of sp³-hybridized carbons (Fsp3) is 0.174. The van der Waals surface area contributed by atoms with Crippen molar-refractivity contribution in [1.29, 1.82) is 0 Å². The smallest absolute Gasteiger partial charge is 0.337 e. The van der Waals surface area contributed by atoms with Crippen LogP contribution in [0.4, 0.5) is 5.13 Å². The number of aryl methyl sites for hydroxylation is 2. The number of carbonyl (C=O) groups excluding carboxylic acids is 2. The van der Waals surface area contributed by atoms with Gasteiger partial charge >= 0.3 is 5.97 Å². The third kappa shape index (κ3) is 4.93. The second kappa shape index (κ2) is 9.37. The van der Waals surface area contributed by atoms with Crippen molar-refractivity contribution in [2.75, 3.05) is 19.5 Å². The highest BCUT2D eigenvalue weighted by Gasteiger charge is 2.12. The molecule has 0 unspecified atom stereocenters. The van der Waals surface area contributed by atoms with Crippen LogP contribution in [0.5, 0.6) is 5.75 Å². The Morgan fingerprint density at radius 2 is 1.80 bits per heavy atom. The van der Waals surface area contributed by atoms with Crippen molar-refractivity contribution >= 4 is 34.4 Å². The first-order valence-corrected chi connectivity index (χ1v) is 10.0. The summed E-state index contributed by atoms with van der Waals surface area (Å²) in [4.78, 5) is 29.3. The third-order valence-electron chi connectivity index (χ3n) is 4.45. The molecule has 2 aromatic carbocycles. The predicted molar refractivity (Wildman–Crippen MR) is 119 cm³/mol. The summed E-state index contributed by atoms with van der Waals surface area (Å²) in [6.07, 6.45) is 3.10. The van der Waals surface area contributed by atoms with Crippen molar-refractivity contribution in [3.05, 3.63) is 70.1 Å².